The van der Waals surface area contributed by atoms with Gasteiger partial charge in [-0.1, -0.05) is 26.8 Å². The van der Waals surface area contributed by atoms with E-state index in [0.29, 0.717) is 12.5 Å². The van der Waals surface area contributed by atoms with Gasteiger partial charge < -0.3 is 10.6 Å². The van der Waals surface area contributed by atoms with E-state index >= 15 is 0 Å². The topological polar surface area (TPSA) is 49.8 Å². The van der Waals surface area contributed by atoms with Gasteiger partial charge in [0.15, 0.2) is 0 Å². The zero-order valence-corrected chi connectivity index (χ0v) is 13.4. The van der Waals surface area contributed by atoms with Gasteiger partial charge in [0.1, 0.15) is 5.82 Å². The molecule has 0 fully saturated rings. The van der Waals surface area contributed by atoms with E-state index in [9.17, 15) is 0 Å². The summed E-state index contributed by atoms with van der Waals surface area (Å²) in [6.45, 7) is 13.9. The molecular weight excluding hydrogens is 268 g/mol. The summed E-state index contributed by atoms with van der Waals surface area (Å²) in [5.74, 6) is 1.56. The Morgan fingerprint density at radius 1 is 1.30 bits per heavy atom. The number of thiophene rings is 1. The number of aromatic nitrogens is 2. The first kappa shape index (κ1) is 14.8. The van der Waals surface area contributed by atoms with Gasteiger partial charge in [-0.05, 0) is 23.3 Å². The summed E-state index contributed by atoms with van der Waals surface area (Å²) in [5, 5.41) is 8.74. The lowest BCUT2D eigenvalue weighted by molar-refractivity contribution is 0.442. The van der Waals surface area contributed by atoms with Crippen LogP contribution in [-0.2, 0) is 0 Å². The van der Waals surface area contributed by atoms with Gasteiger partial charge in [0.25, 0.3) is 0 Å². The molecule has 2 rings (SSSR count). The molecule has 2 aromatic heterocycles. The average molecular weight is 290 g/mol. The second-order valence-corrected chi connectivity index (χ2v) is 6.96. The van der Waals surface area contributed by atoms with Gasteiger partial charge in [0.2, 0.25) is 5.95 Å². The van der Waals surface area contributed by atoms with Crippen LogP contribution in [0.3, 0.4) is 0 Å². The molecule has 0 aliphatic rings. The Morgan fingerprint density at radius 2 is 2.05 bits per heavy atom. The van der Waals surface area contributed by atoms with Crippen molar-refractivity contribution >= 4 is 33.3 Å². The molecule has 0 radical (unpaired) electrons. The third kappa shape index (κ3) is 3.48. The Labute approximate surface area is 124 Å². The number of rotatable bonds is 5. The highest BCUT2D eigenvalue weighted by molar-refractivity contribution is 7.18. The van der Waals surface area contributed by atoms with Crippen LogP contribution < -0.4 is 10.6 Å². The summed E-state index contributed by atoms with van der Waals surface area (Å²) in [6.07, 6.45) is 1.80. The first-order valence-electron chi connectivity index (χ1n) is 6.75. The van der Waals surface area contributed by atoms with Crippen molar-refractivity contribution in [2.24, 2.45) is 5.41 Å². The Bertz CT molecular complexity index is 610. The van der Waals surface area contributed by atoms with E-state index in [0.717, 1.165) is 22.6 Å². The van der Waals surface area contributed by atoms with Crippen LogP contribution in [0.4, 0.5) is 11.8 Å². The van der Waals surface area contributed by atoms with E-state index in [1.54, 1.807) is 17.4 Å². The van der Waals surface area contributed by atoms with Crippen molar-refractivity contribution in [3.63, 3.8) is 0 Å². The lowest BCUT2D eigenvalue weighted by Gasteiger charge is -2.19. The van der Waals surface area contributed by atoms with Crippen molar-refractivity contribution in [3.8, 4) is 0 Å². The molecule has 0 unspecified atom stereocenters. The van der Waals surface area contributed by atoms with Crippen LogP contribution in [0.1, 0.15) is 26.3 Å². The maximum absolute atomic E-state index is 4.58. The normalized spacial score (nSPS) is 11.6. The number of anilines is 2. The van der Waals surface area contributed by atoms with E-state index in [4.69, 9.17) is 0 Å². The monoisotopic (exact) mass is 290 g/mol. The predicted molar refractivity (Wildman–Crippen MR) is 88.8 cm³/mol. The van der Waals surface area contributed by atoms with E-state index in [1.165, 1.54) is 5.56 Å². The molecule has 0 saturated heterocycles. The number of fused-ring (bicyclic) bond motifs is 1. The van der Waals surface area contributed by atoms with Crippen LogP contribution in [-0.4, -0.2) is 23.1 Å². The molecule has 0 aliphatic carbocycles. The summed E-state index contributed by atoms with van der Waals surface area (Å²) < 4.78 is 1.12. The van der Waals surface area contributed by atoms with Crippen molar-refractivity contribution in [1.29, 1.82) is 0 Å². The summed E-state index contributed by atoms with van der Waals surface area (Å²) in [5.41, 5.74) is 2.42. The molecule has 0 aromatic carbocycles. The van der Waals surface area contributed by atoms with Crippen molar-refractivity contribution in [3.05, 3.63) is 23.6 Å². The number of hydrogen-bond acceptors (Lipinski definition) is 5. The molecule has 0 spiro atoms. The second-order valence-electron chi connectivity index (χ2n) is 6.08. The quantitative estimate of drug-likeness (QED) is 0.815. The molecule has 108 valence electrons. The highest BCUT2D eigenvalue weighted by Gasteiger charge is 2.14. The Balaban J connectivity index is 2.36. The van der Waals surface area contributed by atoms with Gasteiger partial charge >= 0.3 is 0 Å². The van der Waals surface area contributed by atoms with Crippen molar-refractivity contribution in [2.45, 2.75) is 27.7 Å². The predicted octanol–water partition coefficient (Wildman–Crippen LogP) is 4.06. The molecule has 2 N–H and O–H groups in total. The molecule has 5 heteroatoms. The fraction of sp³-hybridized carbons (Fsp3) is 0.467. The van der Waals surface area contributed by atoms with Crippen LogP contribution >= 0.6 is 11.3 Å². The van der Waals surface area contributed by atoms with Gasteiger partial charge in [-0.3, -0.25) is 0 Å². The van der Waals surface area contributed by atoms with Crippen molar-refractivity contribution in [1.82, 2.24) is 9.97 Å². The number of nitrogens with one attached hydrogen (secondary N) is 2. The first-order valence-corrected chi connectivity index (χ1v) is 7.63. The second kappa shape index (κ2) is 5.79. The molecular formula is C15H22N4S. The summed E-state index contributed by atoms with van der Waals surface area (Å²) in [6, 6.07) is 0. The van der Waals surface area contributed by atoms with Gasteiger partial charge in [-0.15, -0.1) is 17.9 Å². The Morgan fingerprint density at radius 3 is 2.70 bits per heavy atom. The van der Waals surface area contributed by atoms with Crippen LogP contribution in [0, 0.1) is 12.3 Å². The Hall–Kier alpha value is -1.62. The third-order valence-electron chi connectivity index (χ3n) is 2.78. The standard InChI is InChI=1S/C15H22N4S/c1-6-7-16-14-18-11-10(2)8-20-12(11)13(19-14)17-9-15(3,4)5/h6,8H,1,7,9H2,2-5H3,(H2,16,17,18,19). The van der Waals surface area contributed by atoms with E-state index < -0.39 is 0 Å². The zero-order chi connectivity index (χ0) is 14.8. The molecule has 2 heterocycles. The van der Waals surface area contributed by atoms with Gasteiger partial charge in [-0.25, -0.2) is 4.98 Å². The van der Waals surface area contributed by atoms with Crippen molar-refractivity contribution < 1.29 is 0 Å². The maximum Gasteiger partial charge on any atom is 0.225 e. The lowest BCUT2D eigenvalue weighted by Crippen LogP contribution is -2.20. The minimum absolute atomic E-state index is 0.207. The third-order valence-corrected chi connectivity index (χ3v) is 3.88. The highest BCUT2D eigenvalue weighted by Crippen LogP contribution is 2.31. The molecule has 2 aromatic rings. The van der Waals surface area contributed by atoms with Crippen LogP contribution in [0.15, 0.2) is 18.0 Å². The average Bonchev–Trinajstić information content (AvgIpc) is 2.75. The molecule has 0 amide bonds. The van der Waals surface area contributed by atoms with Gasteiger partial charge in [0, 0.05) is 13.1 Å². The molecule has 0 atom stereocenters. The summed E-state index contributed by atoms with van der Waals surface area (Å²) in [7, 11) is 0. The summed E-state index contributed by atoms with van der Waals surface area (Å²) >= 11 is 1.69. The highest BCUT2D eigenvalue weighted by atomic mass is 32.1. The fourth-order valence-electron chi connectivity index (χ4n) is 1.74. The largest absolute Gasteiger partial charge is 0.368 e. The minimum Gasteiger partial charge on any atom is -0.368 e. The molecule has 4 nitrogen and oxygen atoms in total. The first-order chi connectivity index (χ1) is 9.40. The van der Waals surface area contributed by atoms with E-state index in [1.807, 2.05) is 0 Å². The smallest absolute Gasteiger partial charge is 0.225 e. The molecule has 20 heavy (non-hydrogen) atoms. The van der Waals surface area contributed by atoms with Gasteiger partial charge in [0.05, 0.1) is 10.2 Å². The number of aryl methyl sites for hydroxylation is 1. The molecule has 0 aliphatic heterocycles. The van der Waals surface area contributed by atoms with Crippen LogP contribution in [0.25, 0.3) is 10.2 Å². The SMILES string of the molecule is C=CCNc1nc(NCC(C)(C)C)c2scc(C)c2n1. The molecule has 0 bridgehead atoms. The maximum atomic E-state index is 4.58. The van der Waals surface area contributed by atoms with Crippen LogP contribution in [0.5, 0.6) is 0 Å². The summed E-state index contributed by atoms with van der Waals surface area (Å²) in [4.78, 5) is 9.16. The number of nitrogens with zero attached hydrogens (tertiary/aromatic N) is 2. The van der Waals surface area contributed by atoms with Crippen molar-refractivity contribution in [2.75, 3.05) is 23.7 Å². The minimum atomic E-state index is 0.207. The van der Waals surface area contributed by atoms with E-state index in [2.05, 4.69) is 60.3 Å². The zero-order valence-electron chi connectivity index (χ0n) is 12.6. The number of hydrogen-bond donors (Lipinski definition) is 2. The lowest BCUT2D eigenvalue weighted by atomic mass is 9.97. The Kier molecular flexibility index (Phi) is 4.28. The van der Waals surface area contributed by atoms with Gasteiger partial charge in [-0.2, -0.15) is 4.98 Å². The molecule has 0 saturated carbocycles. The van der Waals surface area contributed by atoms with Crippen LogP contribution in [0.2, 0.25) is 0 Å². The van der Waals surface area contributed by atoms with E-state index in [-0.39, 0.29) is 5.41 Å². The fourth-order valence-corrected chi connectivity index (χ4v) is 2.70.